The van der Waals surface area contributed by atoms with Crippen molar-refractivity contribution < 1.29 is 23.4 Å². The predicted molar refractivity (Wildman–Crippen MR) is 157 cm³/mol. The van der Waals surface area contributed by atoms with E-state index in [0.29, 0.717) is 31.6 Å². The van der Waals surface area contributed by atoms with Crippen molar-refractivity contribution in [1.82, 2.24) is 4.31 Å². The van der Waals surface area contributed by atoms with Crippen molar-refractivity contribution in [2.24, 2.45) is 39.4 Å². The lowest BCUT2D eigenvalue weighted by molar-refractivity contribution is -0.177. The third kappa shape index (κ3) is 3.82. The topological polar surface area (TPSA) is 94.9 Å². The molecule has 0 aromatic rings. The summed E-state index contributed by atoms with van der Waals surface area (Å²) in [7, 11) is -3.45. The molecule has 2 spiro atoms. The van der Waals surface area contributed by atoms with Gasteiger partial charge in [-0.2, -0.15) is 4.31 Å². The molecule has 2 bridgehead atoms. The summed E-state index contributed by atoms with van der Waals surface area (Å²) in [4.78, 5) is 14.6. The van der Waals surface area contributed by atoms with Gasteiger partial charge in [-0.3, -0.25) is 4.79 Å². The van der Waals surface area contributed by atoms with Gasteiger partial charge in [-0.15, -0.1) is 0 Å². The van der Waals surface area contributed by atoms with Crippen molar-refractivity contribution in [2.45, 2.75) is 116 Å². The van der Waals surface area contributed by atoms with E-state index in [1.54, 1.807) is 0 Å². The number of allylic oxidation sites excluding steroid dienone is 4. The van der Waals surface area contributed by atoms with Gasteiger partial charge in [0.05, 0.1) is 18.0 Å². The van der Waals surface area contributed by atoms with Crippen molar-refractivity contribution in [1.29, 1.82) is 0 Å². The minimum Gasteiger partial charge on any atom is -0.393 e. The lowest BCUT2D eigenvalue weighted by Gasteiger charge is -2.71. The molecular weight excluding hydrogens is 522 g/mol. The summed E-state index contributed by atoms with van der Waals surface area (Å²) >= 11 is 0. The smallest absolute Gasteiger partial charge is 0.211 e. The van der Waals surface area contributed by atoms with Crippen LogP contribution in [0.4, 0.5) is 0 Å². The molecule has 0 amide bonds. The Balaban J connectivity index is 1.47. The van der Waals surface area contributed by atoms with E-state index >= 15 is 0 Å². The maximum atomic E-state index is 14.6. The van der Waals surface area contributed by atoms with Gasteiger partial charge in [-0.1, -0.05) is 58.3 Å². The summed E-state index contributed by atoms with van der Waals surface area (Å²) in [6, 6.07) is 0. The first kappa shape index (κ1) is 29.1. The number of carbonyl (C=O) groups excluding carboxylic acids is 1. The zero-order chi connectivity index (χ0) is 28.8. The summed E-state index contributed by atoms with van der Waals surface area (Å²) in [6.07, 6.45) is 19.5. The first-order valence-corrected chi connectivity index (χ1v) is 17.9. The number of aliphatic hydroxyl groups is 2. The van der Waals surface area contributed by atoms with Crippen LogP contribution in [0.15, 0.2) is 23.8 Å². The average Bonchev–Trinajstić information content (AvgIpc) is 3.18. The van der Waals surface area contributed by atoms with Crippen molar-refractivity contribution in [3.05, 3.63) is 23.8 Å². The van der Waals surface area contributed by atoms with Gasteiger partial charge in [0.1, 0.15) is 0 Å². The van der Waals surface area contributed by atoms with E-state index in [1.165, 1.54) is 17.0 Å². The number of sulfonamides is 1. The highest BCUT2D eigenvalue weighted by Gasteiger charge is 2.74. The van der Waals surface area contributed by atoms with E-state index in [-0.39, 0.29) is 41.2 Å². The van der Waals surface area contributed by atoms with Crippen LogP contribution in [0.1, 0.15) is 104 Å². The molecule has 7 aliphatic rings. The van der Waals surface area contributed by atoms with Gasteiger partial charge >= 0.3 is 0 Å². The normalized spacial score (nSPS) is 46.6. The maximum Gasteiger partial charge on any atom is 0.211 e. The lowest BCUT2D eigenvalue weighted by atomic mass is 9.32. The molecule has 7 heteroatoms. The molecule has 0 aromatic carbocycles. The molecule has 0 radical (unpaired) electrons. The molecule has 4 fully saturated rings. The van der Waals surface area contributed by atoms with Crippen molar-refractivity contribution in [2.75, 3.05) is 19.3 Å². The Morgan fingerprint density at radius 3 is 2.30 bits per heavy atom. The second kappa shape index (κ2) is 9.49. The summed E-state index contributed by atoms with van der Waals surface area (Å²) in [6.45, 7) is 7.12. The van der Waals surface area contributed by atoms with Crippen LogP contribution in [0.3, 0.4) is 0 Å². The summed E-state index contributed by atoms with van der Waals surface area (Å²) in [5.41, 5.74) is -1.44. The van der Waals surface area contributed by atoms with Gasteiger partial charge in [-0.05, 0) is 81.5 Å². The molecule has 0 aliphatic heterocycles. The van der Waals surface area contributed by atoms with Crippen LogP contribution in [0, 0.1) is 39.4 Å². The van der Waals surface area contributed by atoms with Crippen LogP contribution in [0.5, 0.6) is 0 Å². The molecule has 8 atom stereocenters. The fourth-order valence-corrected chi connectivity index (χ4v) is 12.1. The first-order chi connectivity index (χ1) is 18.8. The van der Waals surface area contributed by atoms with Gasteiger partial charge in [0, 0.05) is 40.8 Å². The number of aliphatic hydroxyl groups excluding tert-OH is 1. The molecule has 0 aromatic heterocycles. The second-order valence-electron chi connectivity index (χ2n) is 15.1. The number of Topliss-reactive ketones (excluding diaryl/α,β-unsaturated/α-hetero) is 1. The molecule has 6 nitrogen and oxygen atoms in total. The highest BCUT2D eigenvalue weighted by Crippen LogP contribution is 2.78. The Labute approximate surface area is 241 Å². The fourth-order valence-electron chi connectivity index (χ4n) is 11.1. The Bertz CT molecular complexity index is 1220. The van der Waals surface area contributed by atoms with Crippen LogP contribution in [0.2, 0.25) is 0 Å². The number of nitrogens with zero attached hydrogens (tertiary/aromatic N) is 1. The lowest BCUT2D eigenvalue weighted by Crippen LogP contribution is -2.67. The molecule has 224 valence electrons. The van der Waals surface area contributed by atoms with E-state index < -0.39 is 26.5 Å². The molecule has 40 heavy (non-hydrogen) atoms. The van der Waals surface area contributed by atoms with Gasteiger partial charge < -0.3 is 10.2 Å². The van der Waals surface area contributed by atoms with Crippen LogP contribution < -0.4 is 0 Å². The van der Waals surface area contributed by atoms with Crippen LogP contribution >= 0.6 is 0 Å². The van der Waals surface area contributed by atoms with E-state index in [1.807, 2.05) is 6.92 Å². The molecule has 8 unspecified atom stereocenters. The maximum absolute atomic E-state index is 14.6. The second-order valence-corrected chi connectivity index (χ2v) is 17.1. The predicted octanol–water partition coefficient (Wildman–Crippen LogP) is 5.40. The molecular formula is C33H51NO5S. The first-order valence-electron chi connectivity index (χ1n) is 16.1. The van der Waals surface area contributed by atoms with E-state index in [4.69, 9.17) is 0 Å². The minimum atomic E-state index is -3.45. The molecule has 0 saturated heterocycles. The summed E-state index contributed by atoms with van der Waals surface area (Å²) in [5, 5.41) is 23.3. The number of fused-ring (bicyclic) bond motifs is 1. The molecule has 0 heterocycles. The molecule has 2 N–H and O–H groups in total. The van der Waals surface area contributed by atoms with Crippen molar-refractivity contribution in [3.63, 3.8) is 0 Å². The van der Waals surface area contributed by atoms with E-state index in [0.717, 1.165) is 63.4 Å². The highest BCUT2D eigenvalue weighted by atomic mass is 32.2. The number of rotatable bonds is 7. The standard InChI is InChI=1S/C33H51NO5S/c1-5-19-34(40(4,38)39)22-32(37)16-13-27-30(32,3)15-12-26-29(2)14-11-24(35)20-31(29)17-18-33(26,27)25(21-31)28(36)23-9-7-6-8-10-23/h17-18,21,23-24,26-27,35,37H,5-16,19-20,22H2,1-4H3. The van der Waals surface area contributed by atoms with Gasteiger partial charge in [-0.25, -0.2) is 8.42 Å². The summed E-state index contributed by atoms with van der Waals surface area (Å²) < 4.78 is 27.0. The Hall–Kier alpha value is -1.02. The summed E-state index contributed by atoms with van der Waals surface area (Å²) in [5.74, 6) is 0.743. The Kier molecular flexibility index (Phi) is 6.90. The highest BCUT2D eigenvalue weighted by molar-refractivity contribution is 7.88. The van der Waals surface area contributed by atoms with E-state index in [2.05, 4.69) is 32.1 Å². The Morgan fingerprint density at radius 2 is 1.62 bits per heavy atom. The van der Waals surface area contributed by atoms with Crippen molar-refractivity contribution >= 4 is 15.8 Å². The van der Waals surface area contributed by atoms with Crippen molar-refractivity contribution in [3.8, 4) is 0 Å². The van der Waals surface area contributed by atoms with E-state index in [9.17, 15) is 23.4 Å². The molecule has 7 rings (SSSR count). The molecule has 7 aliphatic carbocycles. The number of carbonyl (C=O) groups is 1. The fraction of sp³-hybridized carbons (Fsp3) is 0.848. The third-order valence-corrected chi connectivity index (χ3v) is 14.6. The largest absolute Gasteiger partial charge is 0.393 e. The monoisotopic (exact) mass is 573 g/mol. The molecule has 4 saturated carbocycles. The number of hydrogen-bond donors (Lipinski definition) is 2. The third-order valence-electron chi connectivity index (χ3n) is 13.3. The van der Waals surface area contributed by atoms with Gasteiger partial charge in [0.25, 0.3) is 0 Å². The van der Waals surface area contributed by atoms with Crippen LogP contribution in [-0.4, -0.2) is 59.8 Å². The zero-order valence-electron chi connectivity index (χ0n) is 25.1. The number of hydrogen-bond acceptors (Lipinski definition) is 5. The number of ketones is 1. The van der Waals surface area contributed by atoms with Crippen LogP contribution in [-0.2, 0) is 14.8 Å². The Morgan fingerprint density at radius 1 is 0.975 bits per heavy atom. The van der Waals surface area contributed by atoms with Crippen LogP contribution in [0.25, 0.3) is 0 Å². The minimum absolute atomic E-state index is 0.0413. The van der Waals surface area contributed by atoms with Gasteiger partial charge in [0.15, 0.2) is 5.78 Å². The average molecular weight is 574 g/mol. The zero-order valence-corrected chi connectivity index (χ0v) is 25.9. The quantitative estimate of drug-likeness (QED) is 0.398. The SMILES string of the molecule is CCCN(CC1(O)CCC2C34C=CC5(C=C3C(=O)C3CCCCC3)CC(O)CCC5(C)C4CCC21C)S(C)(=O)=O. The van der Waals surface area contributed by atoms with Gasteiger partial charge in [0.2, 0.25) is 10.0 Å².